The molecule has 33 heavy (non-hydrogen) atoms. The Bertz CT molecular complexity index is 1140. The molecule has 0 radical (unpaired) electrons. The lowest BCUT2D eigenvalue weighted by atomic mass is 9.87. The van der Waals surface area contributed by atoms with Gasteiger partial charge in [0.25, 0.3) is 0 Å². The van der Waals surface area contributed by atoms with Crippen molar-refractivity contribution >= 4 is 40.9 Å². The summed E-state index contributed by atoms with van der Waals surface area (Å²) in [6.45, 7) is 0. The van der Waals surface area contributed by atoms with Crippen LogP contribution in [-0.4, -0.2) is 24.7 Å². The van der Waals surface area contributed by atoms with E-state index >= 15 is 0 Å². The average Bonchev–Trinajstić information content (AvgIpc) is 2.78. The first-order valence-electron chi connectivity index (χ1n) is 9.50. The second kappa shape index (κ2) is 10.2. The van der Waals surface area contributed by atoms with Crippen LogP contribution in [0.1, 0.15) is 23.5 Å². The molecule has 3 rings (SSSR count). The summed E-state index contributed by atoms with van der Waals surface area (Å²) >= 11 is 6.51. The molecule has 172 valence electrons. The lowest BCUT2D eigenvalue weighted by Gasteiger charge is -2.25. The number of allylic oxidation sites excluding steroid dienone is 1. The van der Waals surface area contributed by atoms with Gasteiger partial charge in [0.2, 0.25) is 11.8 Å². The standard InChI is InChI=1S/C22H17ClF3N3O3S/c1-32-14-5-2-12(3-6-14)15-9-19(30)29-21(16(15)10-27)33-11-20(31)28-13-4-7-18(23)17(8-13)22(24,25)26/h2-8,15H,9,11H2,1H3,(H,28,31)(H,29,30)/t15-/m0/s1. The number of amides is 2. The molecule has 1 aliphatic rings. The zero-order valence-electron chi connectivity index (χ0n) is 17.1. The fourth-order valence-electron chi connectivity index (χ4n) is 3.21. The number of thioether (sulfide) groups is 1. The van der Waals surface area contributed by atoms with Crippen LogP contribution in [0.25, 0.3) is 0 Å². The molecule has 2 aromatic carbocycles. The van der Waals surface area contributed by atoms with Gasteiger partial charge < -0.3 is 15.4 Å². The van der Waals surface area contributed by atoms with Crippen molar-refractivity contribution in [2.24, 2.45) is 0 Å². The Kier molecular flexibility index (Phi) is 7.56. The van der Waals surface area contributed by atoms with Crippen LogP contribution >= 0.6 is 23.4 Å². The summed E-state index contributed by atoms with van der Waals surface area (Å²) in [5.41, 5.74) is -0.101. The monoisotopic (exact) mass is 495 g/mol. The molecule has 2 aromatic rings. The van der Waals surface area contributed by atoms with Crippen LogP contribution in [0.4, 0.5) is 18.9 Å². The average molecular weight is 496 g/mol. The van der Waals surface area contributed by atoms with Gasteiger partial charge in [0, 0.05) is 18.0 Å². The third-order valence-corrected chi connectivity index (χ3v) is 6.12. The number of benzene rings is 2. The molecular formula is C22H17ClF3N3O3S. The Balaban J connectivity index is 1.74. The molecule has 2 N–H and O–H groups in total. The van der Waals surface area contributed by atoms with Gasteiger partial charge in [-0.1, -0.05) is 35.5 Å². The first kappa shape index (κ1) is 24.5. The Labute approximate surface area is 196 Å². The number of methoxy groups -OCH3 is 1. The van der Waals surface area contributed by atoms with E-state index in [-0.39, 0.29) is 28.8 Å². The SMILES string of the molecule is COc1ccc([C@@H]2CC(=O)NC(SCC(=O)Nc3ccc(Cl)c(C(F)(F)F)c3)=C2C#N)cc1. The molecule has 0 aliphatic carbocycles. The minimum absolute atomic E-state index is 0.0659. The molecule has 0 saturated heterocycles. The smallest absolute Gasteiger partial charge is 0.417 e. The molecule has 0 saturated carbocycles. The number of carbonyl (C=O) groups is 2. The number of rotatable bonds is 6. The van der Waals surface area contributed by atoms with E-state index in [1.165, 1.54) is 13.2 Å². The number of anilines is 1. The number of alkyl halides is 3. The van der Waals surface area contributed by atoms with Crippen molar-refractivity contribution in [1.29, 1.82) is 5.26 Å². The van der Waals surface area contributed by atoms with Crippen LogP contribution in [0.15, 0.2) is 53.1 Å². The van der Waals surface area contributed by atoms with E-state index in [1.807, 2.05) is 0 Å². The van der Waals surface area contributed by atoms with E-state index < -0.39 is 28.6 Å². The number of ether oxygens (including phenoxy) is 1. The number of carbonyl (C=O) groups excluding carboxylic acids is 2. The molecule has 0 aromatic heterocycles. The molecule has 0 unspecified atom stereocenters. The Hall–Kier alpha value is -3.16. The van der Waals surface area contributed by atoms with Crippen LogP contribution in [-0.2, 0) is 15.8 Å². The van der Waals surface area contributed by atoms with Gasteiger partial charge >= 0.3 is 6.18 Å². The number of hydrogen-bond acceptors (Lipinski definition) is 5. The van der Waals surface area contributed by atoms with Crippen LogP contribution < -0.4 is 15.4 Å². The van der Waals surface area contributed by atoms with Gasteiger partial charge in [-0.05, 0) is 35.9 Å². The Morgan fingerprint density at radius 3 is 2.61 bits per heavy atom. The lowest BCUT2D eigenvalue weighted by molar-refractivity contribution is -0.137. The van der Waals surface area contributed by atoms with Crippen LogP contribution in [0.3, 0.4) is 0 Å². The zero-order valence-corrected chi connectivity index (χ0v) is 18.7. The van der Waals surface area contributed by atoms with Crippen LogP contribution in [0, 0.1) is 11.3 Å². The predicted octanol–water partition coefficient (Wildman–Crippen LogP) is 5.08. The van der Waals surface area contributed by atoms with E-state index in [4.69, 9.17) is 16.3 Å². The highest BCUT2D eigenvalue weighted by atomic mass is 35.5. The van der Waals surface area contributed by atoms with E-state index in [0.29, 0.717) is 11.3 Å². The van der Waals surface area contributed by atoms with Crippen molar-refractivity contribution in [1.82, 2.24) is 5.32 Å². The van der Waals surface area contributed by atoms with Gasteiger partial charge in [-0.3, -0.25) is 9.59 Å². The molecule has 11 heteroatoms. The molecule has 0 spiro atoms. The van der Waals surface area contributed by atoms with Gasteiger partial charge in [0.1, 0.15) is 5.75 Å². The van der Waals surface area contributed by atoms with Gasteiger partial charge in [-0.25, -0.2) is 0 Å². The third kappa shape index (κ3) is 6.00. The maximum Gasteiger partial charge on any atom is 0.417 e. The fraction of sp³-hybridized carbons (Fsp3) is 0.227. The minimum atomic E-state index is -4.66. The van der Waals surface area contributed by atoms with Crippen molar-refractivity contribution in [2.45, 2.75) is 18.5 Å². The molecule has 0 bridgehead atoms. The summed E-state index contributed by atoms with van der Waals surface area (Å²) in [6, 6.07) is 12.1. The highest BCUT2D eigenvalue weighted by Gasteiger charge is 2.33. The number of nitrogens with one attached hydrogen (secondary N) is 2. The van der Waals surface area contributed by atoms with E-state index in [2.05, 4.69) is 16.7 Å². The van der Waals surface area contributed by atoms with E-state index in [1.54, 1.807) is 24.3 Å². The van der Waals surface area contributed by atoms with Gasteiger partial charge in [0.05, 0.1) is 40.1 Å². The van der Waals surface area contributed by atoms with Crippen molar-refractivity contribution in [3.8, 4) is 11.8 Å². The van der Waals surface area contributed by atoms with Crippen molar-refractivity contribution in [2.75, 3.05) is 18.2 Å². The summed E-state index contributed by atoms with van der Waals surface area (Å²) < 4.78 is 44.2. The summed E-state index contributed by atoms with van der Waals surface area (Å²) in [5.74, 6) is -1.03. The highest BCUT2D eigenvalue weighted by Crippen LogP contribution is 2.37. The molecule has 1 heterocycles. The summed E-state index contributed by atoms with van der Waals surface area (Å²) in [6.07, 6.45) is -4.60. The second-order valence-corrected chi connectivity index (χ2v) is 8.35. The maximum absolute atomic E-state index is 13.0. The number of nitriles is 1. The first-order chi connectivity index (χ1) is 15.6. The quantitative estimate of drug-likeness (QED) is 0.583. The summed E-state index contributed by atoms with van der Waals surface area (Å²) in [5, 5.41) is 14.4. The lowest BCUT2D eigenvalue weighted by Crippen LogP contribution is -2.31. The Morgan fingerprint density at radius 2 is 2.00 bits per heavy atom. The van der Waals surface area contributed by atoms with Gasteiger partial charge in [-0.2, -0.15) is 18.4 Å². The fourth-order valence-corrected chi connectivity index (χ4v) is 4.31. The van der Waals surface area contributed by atoms with Crippen LogP contribution in [0.2, 0.25) is 5.02 Å². The maximum atomic E-state index is 13.0. The largest absolute Gasteiger partial charge is 0.497 e. The molecular weight excluding hydrogens is 479 g/mol. The molecule has 1 atom stereocenters. The zero-order chi connectivity index (χ0) is 24.2. The topological polar surface area (TPSA) is 91.2 Å². The van der Waals surface area contributed by atoms with E-state index in [9.17, 15) is 28.0 Å². The molecule has 1 aliphatic heterocycles. The van der Waals surface area contributed by atoms with Gasteiger partial charge in [-0.15, -0.1) is 0 Å². The van der Waals surface area contributed by atoms with Crippen molar-refractivity contribution < 1.29 is 27.5 Å². The molecule has 0 fully saturated rings. The van der Waals surface area contributed by atoms with Crippen molar-refractivity contribution in [3.05, 3.63) is 69.2 Å². The number of nitrogens with zero attached hydrogens (tertiary/aromatic N) is 1. The summed E-state index contributed by atoms with van der Waals surface area (Å²) in [4.78, 5) is 24.5. The second-order valence-electron chi connectivity index (χ2n) is 6.96. The Morgan fingerprint density at radius 1 is 1.30 bits per heavy atom. The predicted molar refractivity (Wildman–Crippen MR) is 119 cm³/mol. The normalized spacial score (nSPS) is 16.1. The van der Waals surface area contributed by atoms with Gasteiger partial charge in [0.15, 0.2) is 0 Å². The van der Waals surface area contributed by atoms with Crippen molar-refractivity contribution in [3.63, 3.8) is 0 Å². The molecule has 6 nitrogen and oxygen atoms in total. The first-order valence-corrected chi connectivity index (χ1v) is 10.9. The highest BCUT2D eigenvalue weighted by molar-refractivity contribution is 8.03. The third-order valence-electron chi connectivity index (χ3n) is 4.78. The number of hydrogen-bond donors (Lipinski definition) is 2. The van der Waals surface area contributed by atoms with Crippen LogP contribution in [0.5, 0.6) is 5.75 Å². The van der Waals surface area contributed by atoms with E-state index in [0.717, 1.165) is 29.5 Å². The minimum Gasteiger partial charge on any atom is -0.497 e. The molecule has 2 amide bonds. The number of halogens is 4. The summed E-state index contributed by atoms with van der Waals surface area (Å²) in [7, 11) is 1.53.